The lowest BCUT2D eigenvalue weighted by Gasteiger charge is -2.41. The molecule has 0 aromatic carbocycles. The number of nitrogens with zero attached hydrogens (tertiary/aromatic N) is 3. The predicted octanol–water partition coefficient (Wildman–Crippen LogP) is 0.503. The first kappa shape index (κ1) is 20.7. The number of likely N-dealkylation sites (N-methyl/N-ethyl adjacent to an activating group) is 1. The van der Waals surface area contributed by atoms with Crippen LogP contribution >= 0.6 is 24.0 Å². The summed E-state index contributed by atoms with van der Waals surface area (Å²) >= 11 is 0. The SMILES string of the molecule is CCNC(=NCC1CN(C)CCO1)N1CCCC2(CNC(=O)C2)C1.I. The Morgan fingerprint density at radius 1 is 1.48 bits per heavy atom. The Hall–Kier alpha value is -0.610. The first-order valence-corrected chi connectivity index (χ1v) is 9.20. The van der Waals surface area contributed by atoms with Crippen LogP contribution in [-0.2, 0) is 9.53 Å². The number of ether oxygens (including phenoxy) is 1. The average Bonchev–Trinajstić information content (AvgIpc) is 2.91. The monoisotopic (exact) mass is 465 g/mol. The maximum absolute atomic E-state index is 11.7. The Labute approximate surface area is 167 Å². The Bertz CT molecular complexity index is 490. The second-order valence-electron chi connectivity index (χ2n) is 7.43. The van der Waals surface area contributed by atoms with E-state index in [1.807, 2.05) is 0 Å². The van der Waals surface area contributed by atoms with E-state index < -0.39 is 0 Å². The Morgan fingerprint density at radius 2 is 2.32 bits per heavy atom. The molecule has 7 nitrogen and oxygen atoms in total. The van der Waals surface area contributed by atoms with E-state index in [1.165, 1.54) is 0 Å². The molecular weight excluding hydrogens is 433 g/mol. The van der Waals surface area contributed by atoms with Gasteiger partial charge in [0.2, 0.25) is 5.91 Å². The number of hydrogen-bond acceptors (Lipinski definition) is 4. The molecule has 3 saturated heterocycles. The van der Waals surface area contributed by atoms with Crippen LogP contribution in [0.3, 0.4) is 0 Å². The van der Waals surface area contributed by atoms with E-state index in [2.05, 4.69) is 34.4 Å². The molecule has 3 heterocycles. The molecule has 3 rings (SSSR count). The number of guanidine groups is 1. The fourth-order valence-corrected chi connectivity index (χ4v) is 4.02. The van der Waals surface area contributed by atoms with Gasteiger partial charge in [0.15, 0.2) is 5.96 Å². The fraction of sp³-hybridized carbons (Fsp3) is 0.882. The molecule has 25 heavy (non-hydrogen) atoms. The highest BCUT2D eigenvalue weighted by atomic mass is 127. The third-order valence-electron chi connectivity index (χ3n) is 5.28. The van der Waals surface area contributed by atoms with Gasteiger partial charge >= 0.3 is 0 Å². The van der Waals surface area contributed by atoms with Crippen molar-refractivity contribution in [2.24, 2.45) is 10.4 Å². The minimum Gasteiger partial charge on any atom is -0.374 e. The molecule has 2 atom stereocenters. The van der Waals surface area contributed by atoms with Gasteiger partial charge in [0.05, 0.1) is 19.3 Å². The molecule has 0 aromatic heterocycles. The molecule has 8 heteroatoms. The van der Waals surface area contributed by atoms with Gasteiger partial charge in [-0.1, -0.05) is 0 Å². The van der Waals surface area contributed by atoms with E-state index in [4.69, 9.17) is 9.73 Å². The topological polar surface area (TPSA) is 69.2 Å². The predicted molar refractivity (Wildman–Crippen MR) is 109 cm³/mol. The lowest BCUT2D eigenvalue weighted by atomic mass is 9.79. The second kappa shape index (κ2) is 9.36. The van der Waals surface area contributed by atoms with Crippen molar-refractivity contribution in [2.75, 3.05) is 59.5 Å². The number of morpholine rings is 1. The molecule has 2 unspecified atom stereocenters. The maximum atomic E-state index is 11.7. The van der Waals surface area contributed by atoms with Crippen LogP contribution in [0.15, 0.2) is 4.99 Å². The summed E-state index contributed by atoms with van der Waals surface area (Å²) in [6.45, 7) is 9.07. The van der Waals surface area contributed by atoms with E-state index in [0.29, 0.717) is 13.0 Å². The zero-order valence-corrected chi connectivity index (χ0v) is 17.8. The van der Waals surface area contributed by atoms with Crippen LogP contribution in [0.2, 0.25) is 0 Å². The quantitative estimate of drug-likeness (QED) is 0.361. The van der Waals surface area contributed by atoms with Gasteiger partial charge in [-0.2, -0.15) is 0 Å². The summed E-state index contributed by atoms with van der Waals surface area (Å²) in [7, 11) is 2.13. The van der Waals surface area contributed by atoms with Crippen molar-refractivity contribution in [1.29, 1.82) is 0 Å². The van der Waals surface area contributed by atoms with Crippen molar-refractivity contribution in [2.45, 2.75) is 32.3 Å². The van der Waals surface area contributed by atoms with Gasteiger partial charge in [-0.15, -0.1) is 24.0 Å². The van der Waals surface area contributed by atoms with Crippen molar-refractivity contribution in [3.8, 4) is 0 Å². The maximum Gasteiger partial charge on any atom is 0.220 e. The molecule has 2 N–H and O–H groups in total. The number of aliphatic imine (C=N–C) groups is 1. The molecular formula is C17H32IN5O2. The highest BCUT2D eigenvalue weighted by Gasteiger charge is 2.42. The van der Waals surface area contributed by atoms with E-state index in [-0.39, 0.29) is 41.4 Å². The number of nitrogens with one attached hydrogen (secondary N) is 2. The van der Waals surface area contributed by atoms with E-state index in [1.54, 1.807) is 0 Å². The van der Waals surface area contributed by atoms with Crippen molar-refractivity contribution in [3.63, 3.8) is 0 Å². The standard InChI is InChI=1S/C17H31N5O2.HI/c1-3-18-16(19-10-14-11-21(2)7-8-24-14)22-6-4-5-17(13-22)9-15(23)20-12-17;/h14H,3-13H2,1-2H3,(H,18,19)(H,20,23);1H. The van der Waals surface area contributed by atoms with Crippen molar-refractivity contribution in [3.05, 3.63) is 0 Å². The summed E-state index contributed by atoms with van der Waals surface area (Å²) in [6, 6.07) is 0. The van der Waals surface area contributed by atoms with Crippen LogP contribution in [0, 0.1) is 5.41 Å². The molecule has 0 radical (unpaired) electrons. The second-order valence-corrected chi connectivity index (χ2v) is 7.43. The molecule has 3 aliphatic heterocycles. The third kappa shape index (κ3) is 5.43. The zero-order valence-electron chi connectivity index (χ0n) is 15.4. The first-order chi connectivity index (χ1) is 11.6. The first-order valence-electron chi connectivity index (χ1n) is 9.20. The van der Waals surface area contributed by atoms with Gasteiger partial charge in [0.1, 0.15) is 0 Å². The highest BCUT2D eigenvalue weighted by molar-refractivity contribution is 14.0. The molecule has 0 bridgehead atoms. The summed E-state index contributed by atoms with van der Waals surface area (Å²) in [5, 5.41) is 6.43. The number of piperidine rings is 1. The number of halogens is 1. The van der Waals surface area contributed by atoms with Gasteiger partial charge in [0.25, 0.3) is 0 Å². The lowest BCUT2D eigenvalue weighted by molar-refractivity contribution is -0.119. The van der Waals surface area contributed by atoms with Crippen molar-refractivity contribution >= 4 is 35.8 Å². The molecule has 144 valence electrons. The molecule has 0 aliphatic carbocycles. The van der Waals surface area contributed by atoms with Gasteiger partial charge in [-0.3, -0.25) is 9.79 Å². The minimum absolute atomic E-state index is 0. The van der Waals surface area contributed by atoms with Gasteiger partial charge < -0.3 is 25.2 Å². The third-order valence-corrected chi connectivity index (χ3v) is 5.28. The Morgan fingerprint density at radius 3 is 3.00 bits per heavy atom. The summed E-state index contributed by atoms with van der Waals surface area (Å²) < 4.78 is 5.82. The van der Waals surface area contributed by atoms with E-state index >= 15 is 0 Å². The number of amides is 1. The fourth-order valence-electron chi connectivity index (χ4n) is 4.02. The molecule has 0 saturated carbocycles. The summed E-state index contributed by atoms with van der Waals surface area (Å²) in [5.74, 6) is 1.16. The largest absolute Gasteiger partial charge is 0.374 e. The normalized spacial score (nSPS) is 31.0. The van der Waals surface area contributed by atoms with Crippen LogP contribution in [0.5, 0.6) is 0 Å². The van der Waals surface area contributed by atoms with Crippen molar-refractivity contribution in [1.82, 2.24) is 20.4 Å². The molecule has 3 aliphatic rings. The van der Waals surface area contributed by atoms with Crippen LogP contribution < -0.4 is 10.6 Å². The lowest BCUT2D eigenvalue weighted by Crippen LogP contribution is -2.51. The molecule has 3 fully saturated rings. The number of hydrogen-bond donors (Lipinski definition) is 2. The summed E-state index contributed by atoms with van der Waals surface area (Å²) in [4.78, 5) is 21.2. The molecule has 1 amide bonds. The van der Waals surface area contributed by atoms with E-state index in [9.17, 15) is 4.79 Å². The van der Waals surface area contributed by atoms with E-state index in [0.717, 1.165) is 64.7 Å². The molecule has 0 aromatic rings. The van der Waals surface area contributed by atoms with Gasteiger partial charge in [0, 0.05) is 51.1 Å². The van der Waals surface area contributed by atoms with Gasteiger partial charge in [-0.05, 0) is 26.8 Å². The van der Waals surface area contributed by atoms with Crippen LogP contribution in [0.25, 0.3) is 0 Å². The summed E-state index contributed by atoms with van der Waals surface area (Å²) in [5.41, 5.74) is 0.0904. The zero-order chi connectivity index (χ0) is 17.0. The number of carbonyl (C=O) groups excluding carboxylic acids is 1. The Kier molecular flexibility index (Phi) is 7.75. The van der Waals surface area contributed by atoms with Crippen LogP contribution in [0.1, 0.15) is 26.2 Å². The average molecular weight is 465 g/mol. The number of carbonyl (C=O) groups is 1. The smallest absolute Gasteiger partial charge is 0.220 e. The number of likely N-dealkylation sites (tertiary alicyclic amines) is 1. The van der Waals surface area contributed by atoms with Gasteiger partial charge in [-0.25, -0.2) is 0 Å². The van der Waals surface area contributed by atoms with Crippen LogP contribution in [0.4, 0.5) is 0 Å². The van der Waals surface area contributed by atoms with Crippen molar-refractivity contribution < 1.29 is 9.53 Å². The number of rotatable bonds is 3. The highest BCUT2D eigenvalue weighted by Crippen LogP contribution is 2.35. The Balaban J connectivity index is 0.00000225. The molecule has 1 spiro atoms. The summed E-state index contributed by atoms with van der Waals surface area (Å²) in [6.07, 6.45) is 3.06. The van der Waals surface area contributed by atoms with Crippen LogP contribution in [-0.4, -0.2) is 87.2 Å². The minimum atomic E-state index is 0.